The summed E-state index contributed by atoms with van der Waals surface area (Å²) in [5, 5.41) is 3.40. The molecule has 0 saturated carbocycles. The molecule has 0 aliphatic rings. The summed E-state index contributed by atoms with van der Waals surface area (Å²) in [6.07, 6.45) is 0.996. The lowest BCUT2D eigenvalue weighted by Gasteiger charge is -2.20. The highest BCUT2D eigenvalue weighted by Crippen LogP contribution is 2.00. The summed E-state index contributed by atoms with van der Waals surface area (Å²) in [4.78, 5) is 0. The van der Waals surface area contributed by atoms with Crippen LogP contribution in [0.3, 0.4) is 0 Å². The van der Waals surface area contributed by atoms with Crippen molar-refractivity contribution in [3.8, 4) is 0 Å². The van der Waals surface area contributed by atoms with Crippen molar-refractivity contribution in [3.63, 3.8) is 0 Å². The second-order valence-electron chi connectivity index (χ2n) is 5.02. The number of benzene rings is 1. The molecule has 0 saturated heterocycles. The summed E-state index contributed by atoms with van der Waals surface area (Å²) in [5.74, 6) is 0. The standard InChI is InChI=1S/C14H23NO/c1-14(2,3)15-10-12-16-11-9-13-7-5-4-6-8-13/h4-8,15H,9-12H2,1-3H3. The van der Waals surface area contributed by atoms with Crippen LogP contribution in [0.5, 0.6) is 0 Å². The molecule has 0 fully saturated rings. The highest BCUT2D eigenvalue weighted by Gasteiger charge is 2.06. The van der Waals surface area contributed by atoms with Crippen LogP contribution in [0.25, 0.3) is 0 Å². The Kier molecular flexibility index (Phi) is 5.50. The average Bonchev–Trinajstić information content (AvgIpc) is 2.23. The zero-order valence-electron chi connectivity index (χ0n) is 10.6. The van der Waals surface area contributed by atoms with E-state index in [0.717, 1.165) is 26.2 Å². The van der Waals surface area contributed by atoms with E-state index in [1.165, 1.54) is 5.56 Å². The molecular formula is C14H23NO. The van der Waals surface area contributed by atoms with Gasteiger partial charge in [0.1, 0.15) is 0 Å². The molecule has 0 heterocycles. The minimum Gasteiger partial charge on any atom is -0.380 e. The molecule has 0 spiro atoms. The van der Waals surface area contributed by atoms with Gasteiger partial charge in [0, 0.05) is 12.1 Å². The van der Waals surface area contributed by atoms with Gasteiger partial charge in [-0.3, -0.25) is 0 Å². The van der Waals surface area contributed by atoms with E-state index >= 15 is 0 Å². The van der Waals surface area contributed by atoms with Gasteiger partial charge in [0.25, 0.3) is 0 Å². The molecule has 1 N–H and O–H groups in total. The van der Waals surface area contributed by atoms with Crippen molar-refractivity contribution in [2.75, 3.05) is 19.8 Å². The first-order valence-electron chi connectivity index (χ1n) is 5.95. The van der Waals surface area contributed by atoms with Gasteiger partial charge in [0.2, 0.25) is 0 Å². The van der Waals surface area contributed by atoms with E-state index in [1.54, 1.807) is 0 Å². The summed E-state index contributed by atoms with van der Waals surface area (Å²) in [5.41, 5.74) is 1.52. The molecule has 2 nitrogen and oxygen atoms in total. The molecule has 0 radical (unpaired) electrons. The molecule has 16 heavy (non-hydrogen) atoms. The smallest absolute Gasteiger partial charge is 0.0591 e. The van der Waals surface area contributed by atoms with Gasteiger partial charge in [-0.2, -0.15) is 0 Å². The average molecular weight is 221 g/mol. The predicted molar refractivity (Wildman–Crippen MR) is 68.7 cm³/mol. The Labute approximate surface area is 99.0 Å². The van der Waals surface area contributed by atoms with Crippen LogP contribution >= 0.6 is 0 Å². The maximum absolute atomic E-state index is 5.57. The van der Waals surface area contributed by atoms with Crippen molar-refractivity contribution in [1.29, 1.82) is 0 Å². The third kappa shape index (κ3) is 6.59. The molecule has 0 atom stereocenters. The van der Waals surface area contributed by atoms with Gasteiger partial charge < -0.3 is 10.1 Å². The summed E-state index contributed by atoms with van der Waals surface area (Å²) in [6, 6.07) is 10.4. The van der Waals surface area contributed by atoms with Crippen molar-refractivity contribution in [2.24, 2.45) is 0 Å². The lowest BCUT2D eigenvalue weighted by Crippen LogP contribution is -2.38. The zero-order chi connectivity index (χ0) is 11.9. The number of ether oxygens (including phenoxy) is 1. The summed E-state index contributed by atoms with van der Waals surface area (Å²) >= 11 is 0. The van der Waals surface area contributed by atoms with Gasteiger partial charge >= 0.3 is 0 Å². The van der Waals surface area contributed by atoms with Gasteiger partial charge in [0.05, 0.1) is 13.2 Å². The van der Waals surface area contributed by atoms with Gasteiger partial charge in [0.15, 0.2) is 0 Å². The third-order valence-corrected chi connectivity index (χ3v) is 2.28. The second-order valence-corrected chi connectivity index (χ2v) is 5.02. The highest BCUT2D eigenvalue weighted by molar-refractivity contribution is 5.14. The van der Waals surface area contributed by atoms with Gasteiger partial charge in [-0.25, -0.2) is 0 Å². The topological polar surface area (TPSA) is 21.3 Å². The van der Waals surface area contributed by atoms with Crippen LogP contribution in [0.15, 0.2) is 30.3 Å². The Bertz CT molecular complexity index is 277. The molecular weight excluding hydrogens is 198 g/mol. The number of nitrogens with one attached hydrogen (secondary N) is 1. The summed E-state index contributed by atoms with van der Waals surface area (Å²) in [6.45, 7) is 8.99. The first-order chi connectivity index (χ1) is 7.58. The van der Waals surface area contributed by atoms with E-state index in [0.29, 0.717) is 0 Å². The van der Waals surface area contributed by atoms with Crippen LogP contribution in [0.2, 0.25) is 0 Å². The zero-order valence-corrected chi connectivity index (χ0v) is 10.6. The van der Waals surface area contributed by atoms with Crippen molar-refractivity contribution in [1.82, 2.24) is 5.32 Å². The maximum atomic E-state index is 5.57. The first kappa shape index (κ1) is 13.2. The summed E-state index contributed by atoms with van der Waals surface area (Å²) < 4.78 is 5.57. The van der Waals surface area contributed by atoms with E-state index in [4.69, 9.17) is 4.74 Å². The minimum absolute atomic E-state index is 0.183. The molecule has 0 amide bonds. The van der Waals surface area contributed by atoms with Gasteiger partial charge in [-0.15, -0.1) is 0 Å². The van der Waals surface area contributed by atoms with E-state index in [-0.39, 0.29) is 5.54 Å². The Morgan fingerprint density at radius 2 is 1.75 bits per heavy atom. The molecule has 0 unspecified atom stereocenters. The fourth-order valence-corrected chi connectivity index (χ4v) is 1.43. The van der Waals surface area contributed by atoms with E-state index in [9.17, 15) is 0 Å². The molecule has 0 aliphatic heterocycles. The Balaban J connectivity index is 2.01. The monoisotopic (exact) mass is 221 g/mol. The van der Waals surface area contributed by atoms with Crippen LogP contribution in [0, 0.1) is 0 Å². The van der Waals surface area contributed by atoms with Crippen LogP contribution in [0.1, 0.15) is 26.3 Å². The van der Waals surface area contributed by atoms with Crippen molar-refractivity contribution in [2.45, 2.75) is 32.7 Å². The molecule has 1 rings (SSSR count). The normalized spacial score (nSPS) is 11.7. The number of hydrogen-bond donors (Lipinski definition) is 1. The SMILES string of the molecule is CC(C)(C)NCCOCCc1ccccc1. The third-order valence-electron chi connectivity index (χ3n) is 2.28. The Morgan fingerprint density at radius 3 is 2.38 bits per heavy atom. The molecule has 1 aromatic rings. The summed E-state index contributed by atoms with van der Waals surface area (Å²) in [7, 11) is 0. The molecule has 0 aromatic heterocycles. The quantitative estimate of drug-likeness (QED) is 0.746. The van der Waals surface area contributed by atoms with E-state index in [1.807, 2.05) is 6.07 Å². The Morgan fingerprint density at radius 1 is 1.06 bits per heavy atom. The number of hydrogen-bond acceptors (Lipinski definition) is 2. The fraction of sp³-hybridized carbons (Fsp3) is 0.571. The largest absolute Gasteiger partial charge is 0.380 e. The van der Waals surface area contributed by atoms with Crippen molar-refractivity contribution < 1.29 is 4.74 Å². The lowest BCUT2D eigenvalue weighted by molar-refractivity contribution is 0.133. The van der Waals surface area contributed by atoms with Crippen molar-refractivity contribution >= 4 is 0 Å². The molecule has 90 valence electrons. The first-order valence-corrected chi connectivity index (χ1v) is 5.95. The fourth-order valence-electron chi connectivity index (χ4n) is 1.43. The molecule has 2 heteroatoms. The van der Waals surface area contributed by atoms with Crippen molar-refractivity contribution in [3.05, 3.63) is 35.9 Å². The molecule has 1 aromatic carbocycles. The predicted octanol–water partition coefficient (Wildman–Crippen LogP) is 2.63. The van der Waals surface area contributed by atoms with Gasteiger partial charge in [-0.1, -0.05) is 30.3 Å². The van der Waals surface area contributed by atoms with Crippen LogP contribution in [0.4, 0.5) is 0 Å². The number of rotatable bonds is 6. The van der Waals surface area contributed by atoms with E-state index < -0.39 is 0 Å². The van der Waals surface area contributed by atoms with Crippen LogP contribution in [-0.4, -0.2) is 25.3 Å². The highest BCUT2D eigenvalue weighted by atomic mass is 16.5. The molecule has 0 bridgehead atoms. The Hall–Kier alpha value is -0.860. The van der Waals surface area contributed by atoms with E-state index in [2.05, 4.69) is 50.4 Å². The van der Waals surface area contributed by atoms with Crippen LogP contribution in [-0.2, 0) is 11.2 Å². The van der Waals surface area contributed by atoms with Crippen LogP contribution < -0.4 is 5.32 Å². The minimum atomic E-state index is 0.183. The maximum Gasteiger partial charge on any atom is 0.0591 e. The molecule has 0 aliphatic carbocycles. The second kappa shape index (κ2) is 6.66. The van der Waals surface area contributed by atoms with Gasteiger partial charge in [-0.05, 0) is 32.8 Å². The lowest BCUT2D eigenvalue weighted by atomic mass is 10.1.